The molecule has 0 aliphatic carbocycles. The summed E-state index contributed by atoms with van der Waals surface area (Å²) in [5.74, 6) is 1.94. The highest BCUT2D eigenvalue weighted by Crippen LogP contribution is 2.43. The van der Waals surface area contributed by atoms with Crippen LogP contribution in [0.15, 0.2) is 54.6 Å². The third-order valence-corrected chi connectivity index (χ3v) is 3.66. The van der Waals surface area contributed by atoms with Crippen LogP contribution < -0.4 is 9.47 Å². The predicted octanol–water partition coefficient (Wildman–Crippen LogP) is 4.30. The molecular formula is C18H13FN2O2. The molecule has 23 heavy (non-hydrogen) atoms. The maximum atomic E-state index is 13.7. The Morgan fingerprint density at radius 1 is 0.783 bits per heavy atom. The van der Waals surface area contributed by atoms with Gasteiger partial charge in [-0.05, 0) is 36.6 Å². The van der Waals surface area contributed by atoms with Crippen LogP contribution in [0.2, 0.25) is 0 Å². The lowest BCUT2D eigenvalue weighted by atomic mass is 10.1. The average Bonchev–Trinajstić information content (AvgIpc) is 2.59. The van der Waals surface area contributed by atoms with Crippen LogP contribution in [0, 0.1) is 5.82 Å². The van der Waals surface area contributed by atoms with E-state index in [9.17, 15) is 4.39 Å². The molecule has 2 aromatic carbocycles. The molecule has 0 fully saturated rings. The number of benzene rings is 2. The molecule has 1 aliphatic rings. The number of aromatic nitrogens is 2. The Bertz CT molecular complexity index is 867. The number of hydrogen-bond acceptors (Lipinski definition) is 4. The third-order valence-electron chi connectivity index (χ3n) is 3.66. The second-order valence-corrected chi connectivity index (χ2v) is 5.25. The van der Waals surface area contributed by atoms with Crippen LogP contribution in [-0.2, 0) is 12.8 Å². The molecule has 1 aromatic heterocycles. The molecule has 4 nitrogen and oxygen atoms in total. The lowest BCUT2D eigenvalue weighted by Crippen LogP contribution is -2.05. The van der Waals surface area contributed by atoms with E-state index in [1.54, 1.807) is 18.2 Å². The van der Waals surface area contributed by atoms with Crippen LogP contribution in [0.25, 0.3) is 0 Å². The summed E-state index contributed by atoms with van der Waals surface area (Å²) in [6.07, 6.45) is 1.13. The van der Waals surface area contributed by atoms with Gasteiger partial charge in [-0.1, -0.05) is 30.3 Å². The molecule has 0 saturated carbocycles. The summed E-state index contributed by atoms with van der Waals surface area (Å²) in [6, 6.07) is 15.9. The number of fused-ring (bicyclic) bond motifs is 2. The van der Waals surface area contributed by atoms with Crippen molar-refractivity contribution < 1.29 is 13.9 Å². The van der Waals surface area contributed by atoms with E-state index < -0.39 is 0 Å². The molecule has 0 unspecified atom stereocenters. The molecule has 4 rings (SSSR count). The van der Waals surface area contributed by atoms with Gasteiger partial charge in [-0.2, -0.15) is 5.10 Å². The second kappa shape index (κ2) is 5.68. The van der Waals surface area contributed by atoms with Crippen molar-refractivity contribution in [3.05, 3.63) is 71.7 Å². The van der Waals surface area contributed by atoms with Crippen LogP contribution in [0.1, 0.15) is 11.3 Å². The maximum Gasteiger partial charge on any atom is 0.282 e. The van der Waals surface area contributed by atoms with Crippen molar-refractivity contribution in [3.63, 3.8) is 0 Å². The van der Waals surface area contributed by atoms with E-state index in [2.05, 4.69) is 10.2 Å². The Morgan fingerprint density at radius 2 is 1.52 bits per heavy atom. The number of nitrogens with zero attached hydrogens (tertiary/aromatic N) is 2. The van der Waals surface area contributed by atoms with E-state index >= 15 is 0 Å². The molecule has 0 spiro atoms. The minimum Gasteiger partial charge on any atom is -0.448 e. The van der Waals surface area contributed by atoms with Crippen LogP contribution >= 0.6 is 0 Å². The first-order chi connectivity index (χ1) is 11.3. The molecule has 3 aromatic rings. The summed E-state index contributed by atoms with van der Waals surface area (Å²) in [5.41, 5.74) is 1.39. The predicted molar refractivity (Wildman–Crippen MR) is 82.4 cm³/mol. The van der Waals surface area contributed by atoms with Crippen LogP contribution in [-0.4, -0.2) is 10.2 Å². The number of hydrogen-bond donors (Lipinski definition) is 0. The highest BCUT2D eigenvalue weighted by Gasteiger charge is 2.20. The fourth-order valence-electron chi connectivity index (χ4n) is 2.47. The van der Waals surface area contributed by atoms with E-state index in [1.807, 2.05) is 30.3 Å². The molecule has 5 heteroatoms. The summed E-state index contributed by atoms with van der Waals surface area (Å²) in [5, 5.41) is 8.19. The van der Waals surface area contributed by atoms with E-state index in [-0.39, 0.29) is 5.82 Å². The molecule has 114 valence electrons. The van der Waals surface area contributed by atoms with Crippen molar-refractivity contribution in [1.82, 2.24) is 10.2 Å². The second-order valence-electron chi connectivity index (χ2n) is 5.25. The van der Waals surface area contributed by atoms with Crippen molar-refractivity contribution in [2.75, 3.05) is 0 Å². The van der Waals surface area contributed by atoms with Gasteiger partial charge in [0.05, 0.1) is 5.69 Å². The molecule has 0 N–H and O–H groups in total. The van der Waals surface area contributed by atoms with Gasteiger partial charge in [0, 0.05) is 6.07 Å². The first-order valence-corrected chi connectivity index (χ1v) is 7.34. The third kappa shape index (κ3) is 2.73. The summed E-state index contributed by atoms with van der Waals surface area (Å²) in [7, 11) is 0. The fourth-order valence-corrected chi connectivity index (χ4v) is 2.47. The molecule has 0 atom stereocenters. The SMILES string of the molecule is Fc1ccccc1CCc1cc2c(nn1)Oc1ccccc1O2. The first kappa shape index (κ1) is 13.7. The molecule has 1 aliphatic heterocycles. The van der Waals surface area contributed by atoms with Gasteiger partial charge < -0.3 is 9.47 Å². The molecule has 2 heterocycles. The zero-order valence-electron chi connectivity index (χ0n) is 12.2. The normalized spacial score (nSPS) is 11.9. The van der Waals surface area contributed by atoms with Crippen molar-refractivity contribution >= 4 is 0 Å². The average molecular weight is 308 g/mol. The number of ether oxygens (including phenoxy) is 2. The van der Waals surface area contributed by atoms with Gasteiger partial charge in [-0.15, -0.1) is 5.10 Å². The van der Waals surface area contributed by atoms with Crippen molar-refractivity contribution in [2.24, 2.45) is 0 Å². The monoisotopic (exact) mass is 308 g/mol. The van der Waals surface area contributed by atoms with Gasteiger partial charge in [-0.25, -0.2) is 4.39 Å². The van der Waals surface area contributed by atoms with Gasteiger partial charge in [0.25, 0.3) is 5.88 Å². The highest BCUT2D eigenvalue weighted by atomic mass is 19.1. The maximum absolute atomic E-state index is 13.7. The molecular weight excluding hydrogens is 295 g/mol. The summed E-state index contributed by atoms with van der Waals surface area (Å²) < 4.78 is 25.1. The van der Waals surface area contributed by atoms with Gasteiger partial charge in [0.15, 0.2) is 17.2 Å². The van der Waals surface area contributed by atoms with Gasteiger partial charge >= 0.3 is 0 Å². The zero-order valence-corrected chi connectivity index (χ0v) is 12.2. The number of para-hydroxylation sites is 2. The Morgan fingerprint density at radius 3 is 2.35 bits per heavy atom. The zero-order chi connectivity index (χ0) is 15.6. The Balaban J connectivity index is 1.53. The van der Waals surface area contributed by atoms with Crippen molar-refractivity contribution in [2.45, 2.75) is 12.8 Å². The quantitative estimate of drug-likeness (QED) is 0.566. The fraction of sp³-hybridized carbons (Fsp3) is 0.111. The van der Waals surface area contributed by atoms with Gasteiger partial charge in [0.2, 0.25) is 0 Å². The number of rotatable bonds is 3. The minimum atomic E-state index is -0.202. The number of halogens is 1. The number of aryl methyl sites for hydroxylation is 2. The van der Waals surface area contributed by atoms with Crippen LogP contribution in [0.3, 0.4) is 0 Å². The molecule has 0 amide bonds. The van der Waals surface area contributed by atoms with Crippen LogP contribution in [0.5, 0.6) is 23.1 Å². The lowest BCUT2D eigenvalue weighted by Gasteiger charge is -2.19. The Labute approximate surface area is 132 Å². The minimum absolute atomic E-state index is 0.202. The summed E-state index contributed by atoms with van der Waals surface area (Å²) >= 11 is 0. The topological polar surface area (TPSA) is 44.2 Å². The smallest absolute Gasteiger partial charge is 0.282 e. The summed E-state index contributed by atoms with van der Waals surface area (Å²) in [6.45, 7) is 0. The van der Waals surface area contributed by atoms with Crippen molar-refractivity contribution in [1.29, 1.82) is 0 Å². The van der Waals surface area contributed by atoms with E-state index in [4.69, 9.17) is 9.47 Å². The van der Waals surface area contributed by atoms with Crippen molar-refractivity contribution in [3.8, 4) is 23.1 Å². The van der Waals surface area contributed by atoms with Gasteiger partial charge in [-0.3, -0.25) is 0 Å². The molecule has 0 saturated heterocycles. The van der Waals surface area contributed by atoms with E-state index in [0.717, 1.165) is 5.69 Å². The molecule has 0 radical (unpaired) electrons. The lowest BCUT2D eigenvalue weighted by molar-refractivity contribution is 0.342. The largest absolute Gasteiger partial charge is 0.448 e. The van der Waals surface area contributed by atoms with E-state index in [0.29, 0.717) is 41.5 Å². The van der Waals surface area contributed by atoms with E-state index in [1.165, 1.54) is 6.07 Å². The summed E-state index contributed by atoms with van der Waals surface area (Å²) in [4.78, 5) is 0. The standard InChI is InChI=1S/C18H13FN2O2/c19-14-6-2-1-5-12(14)9-10-13-11-17-18(21-20-13)23-16-8-4-3-7-15(16)22-17/h1-8,11H,9-10H2. The van der Waals surface area contributed by atoms with Crippen LogP contribution in [0.4, 0.5) is 4.39 Å². The first-order valence-electron chi connectivity index (χ1n) is 7.34. The Kier molecular flexibility index (Phi) is 3.38. The van der Waals surface area contributed by atoms with Gasteiger partial charge in [0.1, 0.15) is 5.82 Å². The molecule has 0 bridgehead atoms. The Hall–Kier alpha value is -2.95. The highest BCUT2D eigenvalue weighted by molar-refractivity contribution is 5.51.